The van der Waals surface area contributed by atoms with Gasteiger partial charge in [-0.05, 0) is 18.6 Å². The minimum absolute atomic E-state index is 0.0716. The molecule has 1 aromatic rings. The predicted molar refractivity (Wildman–Crippen MR) is 56.7 cm³/mol. The third-order valence-electron chi connectivity index (χ3n) is 2.00. The van der Waals surface area contributed by atoms with Crippen molar-refractivity contribution < 1.29 is 14.6 Å². The van der Waals surface area contributed by atoms with Crippen molar-refractivity contribution in [1.82, 2.24) is 0 Å². The SMILES string of the molecule is Cc1ccc(OCC(N)C(=O)O)cc1N. The highest BCUT2D eigenvalue weighted by Gasteiger charge is 2.11. The summed E-state index contributed by atoms with van der Waals surface area (Å²) in [5.74, 6) is -0.565. The molecular weight excluding hydrogens is 196 g/mol. The molecule has 0 bridgehead atoms. The lowest BCUT2D eigenvalue weighted by Gasteiger charge is -2.10. The Morgan fingerprint density at radius 2 is 2.27 bits per heavy atom. The zero-order chi connectivity index (χ0) is 11.4. The Morgan fingerprint density at radius 1 is 1.60 bits per heavy atom. The van der Waals surface area contributed by atoms with E-state index in [0.29, 0.717) is 11.4 Å². The predicted octanol–water partition coefficient (Wildman–Crippen LogP) is 0.368. The van der Waals surface area contributed by atoms with Gasteiger partial charge in [0, 0.05) is 11.8 Å². The quantitative estimate of drug-likeness (QED) is 0.623. The number of benzene rings is 1. The van der Waals surface area contributed by atoms with E-state index < -0.39 is 12.0 Å². The molecule has 0 aliphatic carbocycles. The van der Waals surface area contributed by atoms with E-state index in [0.717, 1.165) is 5.56 Å². The molecule has 0 amide bonds. The summed E-state index contributed by atoms with van der Waals surface area (Å²) in [5.41, 5.74) is 12.5. The Balaban J connectivity index is 2.58. The lowest BCUT2D eigenvalue weighted by atomic mass is 10.2. The second-order valence-electron chi connectivity index (χ2n) is 3.27. The van der Waals surface area contributed by atoms with Gasteiger partial charge in [-0.3, -0.25) is 4.79 Å². The van der Waals surface area contributed by atoms with Gasteiger partial charge in [-0.1, -0.05) is 6.07 Å². The average Bonchev–Trinajstić information content (AvgIpc) is 2.19. The van der Waals surface area contributed by atoms with Gasteiger partial charge in [0.15, 0.2) is 0 Å². The summed E-state index contributed by atoms with van der Waals surface area (Å²) in [7, 11) is 0. The number of hydrogen-bond donors (Lipinski definition) is 3. The van der Waals surface area contributed by atoms with Crippen molar-refractivity contribution in [2.24, 2.45) is 5.73 Å². The molecule has 15 heavy (non-hydrogen) atoms. The number of carboxylic acid groups (broad SMARTS) is 1. The van der Waals surface area contributed by atoms with Gasteiger partial charge in [-0.15, -0.1) is 0 Å². The molecule has 0 radical (unpaired) electrons. The molecule has 1 aromatic carbocycles. The van der Waals surface area contributed by atoms with Crippen molar-refractivity contribution in [3.05, 3.63) is 23.8 Å². The van der Waals surface area contributed by atoms with Crippen LogP contribution in [0.1, 0.15) is 5.56 Å². The smallest absolute Gasteiger partial charge is 0.324 e. The molecule has 5 N–H and O–H groups in total. The highest BCUT2D eigenvalue weighted by Crippen LogP contribution is 2.18. The molecule has 0 spiro atoms. The zero-order valence-electron chi connectivity index (χ0n) is 8.43. The molecule has 0 aromatic heterocycles. The highest BCUT2D eigenvalue weighted by molar-refractivity contribution is 5.73. The number of hydrogen-bond acceptors (Lipinski definition) is 4. The van der Waals surface area contributed by atoms with Crippen LogP contribution in [0.5, 0.6) is 5.75 Å². The number of anilines is 1. The van der Waals surface area contributed by atoms with Crippen molar-refractivity contribution in [3.63, 3.8) is 0 Å². The second kappa shape index (κ2) is 4.65. The lowest BCUT2D eigenvalue weighted by Crippen LogP contribution is -2.36. The molecule has 5 nitrogen and oxygen atoms in total. The van der Waals surface area contributed by atoms with E-state index >= 15 is 0 Å². The van der Waals surface area contributed by atoms with Crippen LogP contribution >= 0.6 is 0 Å². The summed E-state index contributed by atoms with van der Waals surface area (Å²) >= 11 is 0. The first-order chi connectivity index (χ1) is 7.00. The van der Waals surface area contributed by atoms with E-state index in [-0.39, 0.29) is 6.61 Å². The summed E-state index contributed by atoms with van der Waals surface area (Å²) in [6, 6.07) is 4.15. The molecule has 0 aliphatic rings. The Labute approximate surface area is 87.6 Å². The van der Waals surface area contributed by atoms with Crippen LogP contribution in [0, 0.1) is 6.92 Å². The van der Waals surface area contributed by atoms with Crippen LogP contribution in [0.25, 0.3) is 0 Å². The van der Waals surface area contributed by atoms with Crippen LogP contribution in [-0.2, 0) is 4.79 Å². The molecule has 82 valence electrons. The van der Waals surface area contributed by atoms with E-state index in [4.69, 9.17) is 21.3 Å². The largest absolute Gasteiger partial charge is 0.491 e. The minimum Gasteiger partial charge on any atom is -0.491 e. The summed E-state index contributed by atoms with van der Waals surface area (Å²) in [6.45, 7) is 1.81. The van der Waals surface area contributed by atoms with Crippen LogP contribution in [0.4, 0.5) is 5.69 Å². The Hall–Kier alpha value is -1.75. The standard InChI is InChI=1S/C10H14N2O3/c1-6-2-3-7(4-8(6)11)15-5-9(12)10(13)14/h2-4,9H,5,11-12H2,1H3,(H,13,14). The molecule has 0 saturated carbocycles. The molecule has 0 aliphatic heterocycles. The number of carbonyl (C=O) groups is 1. The maximum Gasteiger partial charge on any atom is 0.324 e. The monoisotopic (exact) mass is 210 g/mol. The lowest BCUT2D eigenvalue weighted by molar-refractivity contribution is -0.139. The second-order valence-corrected chi connectivity index (χ2v) is 3.27. The third-order valence-corrected chi connectivity index (χ3v) is 2.00. The molecule has 1 unspecified atom stereocenters. The van der Waals surface area contributed by atoms with E-state index in [1.807, 2.05) is 6.92 Å². The molecular formula is C10H14N2O3. The number of ether oxygens (including phenoxy) is 1. The first kappa shape index (κ1) is 11.3. The Kier molecular flexibility index (Phi) is 3.51. The van der Waals surface area contributed by atoms with Crippen molar-refractivity contribution >= 4 is 11.7 Å². The molecule has 1 atom stereocenters. The van der Waals surface area contributed by atoms with Gasteiger partial charge >= 0.3 is 5.97 Å². The number of nitrogen functional groups attached to an aromatic ring is 1. The molecule has 5 heteroatoms. The van der Waals surface area contributed by atoms with Crippen LogP contribution in [-0.4, -0.2) is 23.7 Å². The molecule has 0 fully saturated rings. The van der Waals surface area contributed by atoms with Gasteiger partial charge in [0.1, 0.15) is 18.4 Å². The number of carboxylic acids is 1. The molecule has 0 saturated heterocycles. The number of rotatable bonds is 4. The van der Waals surface area contributed by atoms with Gasteiger partial charge in [0.2, 0.25) is 0 Å². The molecule has 0 heterocycles. The first-order valence-corrected chi connectivity index (χ1v) is 4.48. The zero-order valence-corrected chi connectivity index (χ0v) is 8.43. The maximum atomic E-state index is 10.4. The fourth-order valence-corrected chi connectivity index (χ4v) is 0.966. The topological polar surface area (TPSA) is 98.6 Å². The first-order valence-electron chi connectivity index (χ1n) is 4.48. The van der Waals surface area contributed by atoms with Crippen LogP contribution in [0.3, 0.4) is 0 Å². The van der Waals surface area contributed by atoms with E-state index in [1.54, 1.807) is 18.2 Å². The molecule has 1 rings (SSSR count). The number of nitrogens with two attached hydrogens (primary N) is 2. The van der Waals surface area contributed by atoms with Crippen molar-refractivity contribution in [1.29, 1.82) is 0 Å². The summed E-state index contributed by atoms with van der Waals surface area (Å²) in [4.78, 5) is 10.4. The van der Waals surface area contributed by atoms with E-state index in [1.165, 1.54) is 0 Å². The average molecular weight is 210 g/mol. The normalized spacial score (nSPS) is 12.1. The fraction of sp³-hybridized carbons (Fsp3) is 0.300. The van der Waals surface area contributed by atoms with E-state index in [9.17, 15) is 4.79 Å². The van der Waals surface area contributed by atoms with Gasteiger partial charge in [0.25, 0.3) is 0 Å². The van der Waals surface area contributed by atoms with Crippen LogP contribution < -0.4 is 16.2 Å². The van der Waals surface area contributed by atoms with Crippen LogP contribution in [0.2, 0.25) is 0 Å². The number of aliphatic carboxylic acids is 1. The maximum absolute atomic E-state index is 10.4. The Bertz CT molecular complexity index is 366. The fourth-order valence-electron chi connectivity index (χ4n) is 0.966. The van der Waals surface area contributed by atoms with Gasteiger partial charge < -0.3 is 21.3 Å². The minimum atomic E-state index is -1.09. The van der Waals surface area contributed by atoms with E-state index in [2.05, 4.69) is 0 Å². The number of aryl methyl sites for hydroxylation is 1. The van der Waals surface area contributed by atoms with Crippen LogP contribution in [0.15, 0.2) is 18.2 Å². The third kappa shape index (κ3) is 3.14. The van der Waals surface area contributed by atoms with Crippen molar-refractivity contribution in [2.45, 2.75) is 13.0 Å². The summed E-state index contributed by atoms with van der Waals surface area (Å²) in [6.07, 6.45) is 0. The van der Waals surface area contributed by atoms with Gasteiger partial charge in [0.05, 0.1) is 0 Å². The van der Waals surface area contributed by atoms with Gasteiger partial charge in [-0.2, -0.15) is 0 Å². The summed E-state index contributed by atoms with van der Waals surface area (Å²) in [5, 5.41) is 8.53. The van der Waals surface area contributed by atoms with Crippen molar-refractivity contribution in [2.75, 3.05) is 12.3 Å². The van der Waals surface area contributed by atoms with Crippen molar-refractivity contribution in [3.8, 4) is 5.75 Å². The Morgan fingerprint density at radius 3 is 2.80 bits per heavy atom. The van der Waals surface area contributed by atoms with Gasteiger partial charge in [-0.25, -0.2) is 0 Å². The highest BCUT2D eigenvalue weighted by atomic mass is 16.5. The summed E-state index contributed by atoms with van der Waals surface area (Å²) < 4.78 is 5.18.